The van der Waals surface area contributed by atoms with Crippen LogP contribution in [0.4, 0.5) is 16.2 Å². The van der Waals surface area contributed by atoms with Gasteiger partial charge in [-0.05, 0) is 56.7 Å². The minimum atomic E-state index is -0.593. The number of nitrogens with zero attached hydrogens (tertiary/aromatic N) is 1. The van der Waals surface area contributed by atoms with Crippen molar-refractivity contribution in [2.75, 3.05) is 10.6 Å². The van der Waals surface area contributed by atoms with Crippen molar-refractivity contribution in [1.29, 1.82) is 0 Å². The van der Waals surface area contributed by atoms with Gasteiger partial charge in [0, 0.05) is 28.7 Å². The number of rotatable bonds is 1. The highest BCUT2D eigenvalue weighted by Crippen LogP contribution is 2.39. The van der Waals surface area contributed by atoms with E-state index in [0.29, 0.717) is 17.0 Å². The fourth-order valence-corrected chi connectivity index (χ4v) is 3.95. The van der Waals surface area contributed by atoms with Crippen LogP contribution in [0.5, 0.6) is 0 Å². The molecule has 6 nitrogen and oxygen atoms in total. The van der Waals surface area contributed by atoms with E-state index in [0.717, 1.165) is 28.1 Å². The van der Waals surface area contributed by atoms with Gasteiger partial charge >= 0.3 is 6.09 Å². The predicted octanol–water partition coefficient (Wildman–Crippen LogP) is 5.74. The van der Waals surface area contributed by atoms with Crippen LogP contribution in [0.2, 0.25) is 0 Å². The van der Waals surface area contributed by atoms with Crippen LogP contribution in [0.1, 0.15) is 31.9 Å². The maximum Gasteiger partial charge on any atom is 0.418 e. The van der Waals surface area contributed by atoms with Crippen molar-refractivity contribution in [2.24, 2.45) is 0 Å². The van der Waals surface area contributed by atoms with Gasteiger partial charge in [-0.1, -0.05) is 36.4 Å². The first-order valence-electron chi connectivity index (χ1n) is 10.5. The molecule has 160 valence electrons. The van der Waals surface area contributed by atoms with Gasteiger partial charge in [0.2, 0.25) is 0 Å². The van der Waals surface area contributed by atoms with Crippen molar-refractivity contribution in [2.45, 2.75) is 26.4 Å². The van der Waals surface area contributed by atoms with Crippen LogP contribution in [-0.2, 0) is 9.53 Å². The van der Waals surface area contributed by atoms with Crippen LogP contribution >= 0.6 is 0 Å². The van der Waals surface area contributed by atoms with Gasteiger partial charge in [-0.25, -0.2) is 4.79 Å². The Morgan fingerprint density at radius 3 is 2.56 bits per heavy atom. The molecule has 2 aliphatic rings. The number of para-hydroxylation sites is 1. The van der Waals surface area contributed by atoms with E-state index in [9.17, 15) is 9.59 Å². The quantitative estimate of drug-likeness (QED) is 0.488. The molecule has 0 fully saturated rings. The van der Waals surface area contributed by atoms with E-state index in [2.05, 4.69) is 10.6 Å². The number of aromatic nitrogens is 1. The largest absolute Gasteiger partial charge is 0.443 e. The number of allylic oxidation sites excluding steroid dienone is 1. The number of carbonyl (C=O) groups excluding carboxylic acids is 2. The molecule has 0 radical (unpaired) electrons. The van der Waals surface area contributed by atoms with Crippen LogP contribution in [0.3, 0.4) is 0 Å². The van der Waals surface area contributed by atoms with Crippen LogP contribution < -0.4 is 10.6 Å². The normalized spacial score (nSPS) is 16.8. The second-order valence-electron chi connectivity index (χ2n) is 8.79. The highest BCUT2D eigenvalue weighted by Gasteiger charge is 2.29. The summed E-state index contributed by atoms with van der Waals surface area (Å²) in [5.74, 6) is -0.161. The molecule has 0 atom stereocenters. The van der Waals surface area contributed by atoms with E-state index in [1.165, 1.54) is 4.57 Å². The van der Waals surface area contributed by atoms with Crippen LogP contribution in [0.15, 0.2) is 72.6 Å². The molecule has 3 aromatic rings. The second-order valence-corrected chi connectivity index (χ2v) is 8.79. The summed E-state index contributed by atoms with van der Waals surface area (Å²) < 4.78 is 6.99. The predicted molar refractivity (Wildman–Crippen MR) is 126 cm³/mol. The maximum absolute atomic E-state index is 12.8. The van der Waals surface area contributed by atoms with E-state index in [1.54, 1.807) is 12.3 Å². The molecule has 32 heavy (non-hydrogen) atoms. The summed E-state index contributed by atoms with van der Waals surface area (Å²) in [6.07, 6.45) is 5.16. The summed E-state index contributed by atoms with van der Waals surface area (Å²) in [6.45, 7) is 5.50. The molecule has 0 aliphatic carbocycles. The number of nitrogens with one attached hydrogen (secondary N) is 2. The third kappa shape index (κ3) is 3.50. The first-order valence-corrected chi connectivity index (χ1v) is 10.5. The summed E-state index contributed by atoms with van der Waals surface area (Å²) in [7, 11) is 0. The minimum Gasteiger partial charge on any atom is -0.443 e. The number of ether oxygens (including phenoxy) is 1. The van der Waals surface area contributed by atoms with Gasteiger partial charge in [-0.15, -0.1) is 0 Å². The molecular weight excluding hydrogens is 402 g/mol. The number of amides is 1. The number of fused-ring (bicyclic) bond motifs is 2. The number of hydrogen-bond acceptors (Lipinski definition) is 4. The van der Waals surface area contributed by atoms with Gasteiger partial charge in [0.1, 0.15) is 5.60 Å². The Morgan fingerprint density at radius 2 is 1.75 bits per heavy atom. The molecular formula is C26H23N3O3. The summed E-state index contributed by atoms with van der Waals surface area (Å²) in [6, 6.07) is 17.3. The van der Waals surface area contributed by atoms with Crippen molar-refractivity contribution in [3.8, 4) is 11.3 Å². The summed E-state index contributed by atoms with van der Waals surface area (Å²) in [5, 5.41) is 6.33. The Morgan fingerprint density at radius 1 is 0.938 bits per heavy atom. The first kappa shape index (κ1) is 19.9. The van der Waals surface area contributed by atoms with Gasteiger partial charge in [0.15, 0.2) is 0 Å². The summed E-state index contributed by atoms with van der Waals surface area (Å²) in [4.78, 5) is 25.5. The minimum absolute atomic E-state index is 0.161. The number of benzene rings is 2. The summed E-state index contributed by atoms with van der Waals surface area (Å²) >= 11 is 0. The van der Waals surface area contributed by atoms with Crippen molar-refractivity contribution in [1.82, 2.24) is 4.57 Å². The molecule has 2 N–H and O–H groups in total. The van der Waals surface area contributed by atoms with Gasteiger partial charge in [0.25, 0.3) is 5.91 Å². The Labute approximate surface area is 186 Å². The molecule has 1 aromatic heterocycles. The van der Waals surface area contributed by atoms with E-state index in [-0.39, 0.29) is 5.91 Å². The Hall–Kier alpha value is -4.06. The molecule has 5 rings (SSSR count). The van der Waals surface area contributed by atoms with Crippen LogP contribution in [-0.4, -0.2) is 22.2 Å². The van der Waals surface area contributed by atoms with E-state index in [4.69, 9.17) is 4.74 Å². The molecule has 2 aliphatic heterocycles. The average Bonchev–Trinajstić information content (AvgIpc) is 3.35. The van der Waals surface area contributed by atoms with Gasteiger partial charge < -0.3 is 15.4 Å². The van der Waals surface area contributed by atoms with Crippen molar-refractivity contribution in [3.63, 3.8) is 0 Å². The lowest BCUT2D eigenvalue weighted by molar-refractivity contribution is -0.110. The number of anilines is 2. The van der Waals surface area contributed by atoms with Crippen LogP contribution in [0.25, 0.3) is 22.9 Å². The maximum atomic E-state index is 12.8. The van der Waals surface area contributed by atoms with Crippen molar-refractivity contribution in [3.05, 3.63) is 83.7 Å². The van der Waals surface area contributed by atoms with Crippen LogP contribution in [0, 0.1) is 0 Å². The van der Waals surface area contributed by atoms with E-state index < -0.39 is 11.7 Å². The molecule has 1 amide bonds. The SMILES string of the molecule is CC(C)(C)OC(=O)n1cccc1-c1ccc2c(c1)NC(=O)C2=C1C=Cc2ccccc2N1. The standard InChI is InChI=1S/C26H23N3O3/c1-26(2,3)32-25(31)29-14-6-9-22(29)17-10-12-18-21(15-17)28-24(30)23(18)20-13-11-16-7-4-5-8-19(16)27-20/h4-15,27H,1-3H3,(H,28,30). The topological polar surface area (TPSA) is 72.4 Å². The molecule has 0 saturated carbocycles. The molecule has 2 aromatic carbocycles. The lowest BCUT2D eigenvalue weighted by Crippen LogP contribution is -2.27. The zero-order valence-electron chi connectivity index (χ0n) is 18.1. The molecule has 3 heterocycles. The van der Waals surface area contributed by atoms with Gasteiger partial charge in [0.05, 0.1) is 17.0 Å². The molecule has 0 unspecified atom stereocenters. The smallest absolute Gasteiger partial charge is 0.418 e. The Balaban J connectivity index is 1.51. The molecule has 0 saturated heterocycles. The number of hydrogen-bond donors (Lipinski definition) is 2. The third-order valence-electron chi connectivity index (χ3n) is 5.33. The number of carbonyl (C=O) groups is 2. The lowest BCUT2D eigenvalue weighted by atomic mass is 9.99. The zero-order valence-corrected chi connectivity index (χ0v) is 18.1. The van der Waals surface area contributed by atoms with Crippen molar-refractivity contribution < 1.29 is 14.3 Å². The highest BCUT2D eigenvalue weighted by atomic mass is 16.6. The molecule has 0 spiro atoms. The first-order chi connectivity index (χ1) is 15.3. The van der Waals surface area contributed by atoms with Crippen molar-refractivity contribution >= 4 is 35.0 Å². The Kier molecular flexibility index (Phi) is 4.51. The average molecular weight is 425 g/mol. The highest BCUT2D eigenvalue weighted by molar-refractivity contribution is 6.33. The van der Waals surface area contributed by atoms with E-state index in [1.807, 2.05) is 81.5 Å². The molecule has 0 bridgehead atoms. The fourth-order valence-electron chi connectivity index (χ4n) is 3.95. The third-order valence-corrected chi connectivity index (χ3v) is 5.33. The van der Waals surface area contributed by atoms with Gasteiger partial charge in [-0.3, -0.25) is 9.36 Å². The van der Waals surface area contributed by atoms with E-state index >= 15 is 0 Å². The lowest BCUT2D eigenvalue weighted by Gasteiger charge is -2.20. The fraction of sp³-hybridized carbons (Fsp3) is 0.154. The van der Waals surface area contributed by atoms with Gasteiger partial charge in [-0.2, -0.15) is 0 Å². The second kappa shape index (κ2) is 7.27. The summed E-state index contributed by atoms with van der Waals surface area (Å²) in [5.41, 5.74) is 5.83. The molecule has 6 heteroatoms. The zero-order chi connectivity index (χ0) is 22.5. The monoisotopic (exact) mass is 425 g/mol. The Bertz CT molecular complexity index is 1320.